The number of hydrogen-bond donors (Lipinski definition) is 1. The quantitative estimate of drug-likeness (QED) is 0.599. The van der Waals surface area contributed by atoms with Crippen LogP contribution in [0.2, 0.25) is 0 Å². The number of carbonyl (C=O) groups is 2. The van der Waals surface area contributed by atoms with E-state index in [9.17, 15) is 9.59 Å². The van der Waals surface area contributed by atoms with E-state index in [1.54, 1.807) is 0 Å². The predicted octanol–water partition coefficient (Wildman–Crippen LogP) is 1.63. The second kappa shape index (κ2) is 5.29. The molecular formula is C12H15NO2. The van der Waals surface area contributed by atoms with Gasteiger partial charge in [0.05, 0.1) is 0 Å². The molecule has 0 bridgehead atoms. The van der Waals surface area contributed by atoms with Gasteiger partial charge in [0.1, 0.15) is 0 Å². The van der Waals surface area contributed by atoms with Gasteiger partial charge in [-0.15, -0.1) is 0 Å². The van der Waals surface area contributed by atoms with Crippen LogP contribution in [-0.4, -0.2) is 12.2 Å². The lowest BCUT2D eigenvalue weighted by molar-refractivity contribution is -0.131. The summed E-state index contributed by atoms with van der Waals surface area (Å²) in [5.74, 6) is -0.0773. The van der Waals surface area contributed by atoms with E-state index < -0.39 is 5.91 Å². The fourth-order valence-electron chi connectivity index (χ4n) is 1.25. The zero-order valence-corrected chi connectivity index (χ0v) is 8.99. The summed E-state index contributed by atoms with van der Waals surface area (Å²) < 4.78 is 0. The van der Waals surface area contributed by atoms with Crippen LogP contribution < -0.4 is 5.32 Å². The van der Waals surface area contributed by atoms with Gasteiger partial charge in [-0.25, -0.2) is 0 Å². The van der Waals surface area contributed by atoms with Crippen LogP contribution in [0.15, 0.2) is 24.3 Å². The third-order valence-electron chi connectivity index (χ3n) is 2.22. The fraction of sp³-hybridized carbons (Fsp3) is 0.333. The Morgan fingerprint density at radius 3 is 2.40 bits per heavy atom. The summed E-state index contributed by atoms with van der Waals surface area (Å²) in [6, 6.07) is 7.99. The van der Waals surface area contributed by atoms with Crippen LogP contribution in [0.5, 0.6) is 0 Å². The molecule has 15 heavy (non-hydrogen) atoms. The maximum Gasteiger partial charge on any atom is 0.284 e. The molecule has 1 aromatic carbocycles. The molecule has 0 radical (unpaired) electrons. The van der Waals surface area contributed by atoms with Crippen LogP contribution in [0.1, 0.15) is 30.9 Å². The highest BCUT2D eigenvalue weighted by molar-refractivity contribution is 6.23. The molecule has 1 amide bonds. The molecule has 1 N–H and O–H groups in total. The summed E-state index contributed by atoms with van der Waals surface area (Å²) in [7, 11) is 0. The largest absolute Gasteiger partial charge is 0.346 e. The van der Waals surface area contributed by atoms with E-state index in [1.807, 2.05) is 24.3 Å². The number of nitrogens with one attached hydrogen (secondary N) is 1. The highest BCUT2D eigenvalue weighted by Gasteiger charge is 2.00. The lowest BCUT2D eigenvalue weighted by Crippen LogP contribution is -2.23. The Hall–Kier alpha value is -1.64. The number of rotatable bonds is 4. The molecule has 0 fully saturated rings. The molecule has 1 rings (SSSR count). The van der Waals surface area contributed by atoms with Crippen LogP contribution in [0.25, 0.3) is 0 Å². The predicted molar refractivity (Wildman–Crippen MR) is 58.4 cm³/mol. The number of hydrogen-bond acceptors (Lipinski definition) is 2. The highest BCUT2D eigenvalue weighted by Crippen LogP contribution is 2.14. The SMILES string of the molecule is CC(C)c1ccc(CNC(=O)C=O)cc1. The summed E-state index contributed by atoms with van der Waals surface area (Å²) >= 11 is 0. The second-order valence-electron chi connectivity index (χ2n) is 3.73. The van der Waals surface area contributed by atoms with Gasteiger partial charge in [0.25, 0.3) is 5.91 Å². The zero-order valence-electron chi connectivity index (χ0n) is 8.99. The van der Waals surface area contributed by atoms with Gasteiger partial charge in [0.2, 0.25) is 6.29 Å². The lowest BCUT2D eigenvalue weighted by atomic mass is 10.0. The van der Waals surface area contributed by atoms with Crippen molar-refractivity contribution in [3.8, 4) is 0 Å². The van der Waals surface area contributed by atoms with Gasteiger partial charge in [-0.1, -0.05) is 38.1 Å². The normalized spacial score (nSPS) is 10.1. The smallest absolute Gasteiger partial charge is 0.284 e. The summed E-state index contributed by atoms with van der Waals surface area (Å²) in [6.45, 7) is 4.66. The Labute approximate surface area is 89.5 Å². The van der Waals surface area contributed by atoms with Crippen molar-refractivity contribution in [1.82, 2.24) is 5.32 Å². The van der Waals surface area contributed by atoms with E-state index in [2.05, 4.69) is 19.2 Å². The molecule has 3 heteroatoms. The number of benzene rings is 1. The maximum atomic E-state index is 10.7. The fourth-order valence-corrected chi connectivity index (χ4v) is 1.25. The maximum absolute atomic E-state index is 10.7. The van der Waals surface area contributed by atoms with Crippen molar-refractivity contribution in [3.63, 3.8) is 0 Å². The first-order valence-electron chi connectivity index (χ1n) is 4.95. The summed E-state index contributed by atoms with van der Waals surface area (Å²) in [5, 5.41) is 2.49. The van der Waals surface area contributed by atoms with Crippen LogP contribution in [0.3, 0.4) is 0 Å². The molecule has 0 atom stereocenters. The molecule has 0 unspecified atom stereocenters. The standard InChI is InChI=1S/C12H15NO2/c1-9(2)11-5-3-10(4-6-11)7-13-12(15)8-14/h3-6,8-9H,7H2,1-2H3,(H,13,15). The van der Waals surface area contributed by atoms with Crippen LogP contribution in [0, 0.1) is 0 Å². The molecule has 80 valence electrons. The number of aldehydes is 1. The van der Waals surface area contributed by atoms with Crippen molar-refractivity contribution in [3.05, 3.63) is 35.4 Å². The van der Waals surface area contributed by atoms with Crippen molar-refractivity contribution in [2.24, 2.45) is 0 Å². The first-order valence-corrected chi connectivity index (χ1v) is 4.95. The van der Waals surface area contributed by atoms with Gasteiger partial charge >= 0.3 is 0 Å². The minimum Gasteiger partial charge on any atom is -0.346 e. The van der Waals surface area contributed by atoms with Crippen molar-refractivity contribution in [2.75, 3.05) is 0 Å². The van der Waals surface area contributed by atoms with Crippen molar-refractivity contribution in [1.29, 1.82) is 0 Å². The van der Waals surface area contributed by atoms with Gasteiger partial charge in [-0.05, 0) is 17.0 Å². The highest BCUT2D eigenvalue weighted by atomic mass is 16.2. The Bertz CT molecular complexity index is 341. The molecule has 0 aromatic heterocycles. The second-order valence-corrected chi connectivity index (χ2v) is 3.73. The summed E-state index contributed by atoms with van der Waals surface area (Å²) in [5.41, 5.74) is 2.26. The number of carbonyl (C=O) groups excluding carboxylic acids is 2. The first kappa shape index (κ1) is 11.4. The molecule has 0 aliphatic rings. The van der Waals surface area contributed by atoms with E-state index in [0.29, 0.717) is 12.5 Å². The van der Waals surface area contributed by atoms with Crippen molar-refractivity contribution < 1.29 is 9.59 Å². The Morgan fingerprint density at radius 1 is 1.33 bits per heavy atom. The minimum atomic E-state index is -0.581. The molecule has 0 aliphatic heterocycles. The van der Waals surface area contributed by atoms with Crippen LogP contribution in [-0.2, 0) is 16.1 Å². The van der Waals surface area contributed by atoms with Gasteiger partial charge < -0.3 is 5.32 Å². The molecule has 0 heterocycles. The van der Waals surface area contributed by atoms with E-state index >= 15 is 0 Å². The van der Waals surface area contributed by atoms with Crippen LogP contribution >= 0.6 is 0 Å². The molecule has 0 saturated heterocycles. The summed E-state index contributed by atoms with van der Waals surface area (Å²) in [4.78, 5) is 20.7. The monoisotopic (exact) mass is 205 g/mol. The molecule has 3 nitrogen and oxygen atoms in total. The minimum absolute atomic E-state index is 0.280. The van der Waals surface area contributed by atoms with E-state index in [0.717, 1.165) is 5.56 Å². The average Bonchev–Trinajstić information content (AvgIpc) is 2.26. The molecule has 1 aromatic rings. The molecule has 0 spiro atoms. The first-order chi connectivity index (χ1) is 7.13. The Morgan fingerprint density at radius 2 is 1.93 bits per heavy atom. The zero-order chi connectivity index (χ0) is 11.3. The third kappa shape index (κ3) is 3.54. The topological polar surface area (TPSA) is 46.2 Å². The van der Waals surface area contributed by atoms with Gasteiger partial charge in [-0.3, -0.25) is 9.59 Å². The van der Waals surface area contributed by atoms with E-state index in [1.165, 1.54) is 5.56 Å². The van der Waals surface area contributed by atoms with E-state index in [-0.39, 0.29) is 6.29 Å². The Kier molecular flexibility index (Phi) is 4.03. The average molecular weight is 205 g/mol. The van der Waals surface area contributed by atoms with Crippen molar-refractivity contribution >= 4 is 12.2 Å². The van der Waals surface area contributed by atoms with Gasteiger partial charge in [-0.2, -0.15) is 0 Å². The molecule has 0 saturated carbocycles. The van der Waals surface area contributed by atoms with Gasteiger partial charge in [0, 0.05) is 6.54 Å². The van der Waals surface area contributed by atoms with Crippen LogP contribution in [0.4, 0.5) is 0 Å². The molecule has 0 aliphatic carbocycles. The van der Waals surface area contributed by atoms with Gasteiger partial charge in [0.15, 0.2) is 0 Å². The number of amides is 1. The Balaban J connectivity index is 2.57. The lowest BCUT2D eigenvalue weighted by Gasteiger charge is -2.06. The van der Waals surface area contributed by atoms with E-state index in [4.69, 9.17) is 0 Å². The summed E-state index contributed by atoms with van der Waals surface area (Å²) in [6.07, 6.45) is 0.280. The molecular weight excluding hydrogens is 190 g/mol. The third-order valence-corrected chi connectivity index (χ3v) is 2.22. The van der Waals surface area contributed by atoms with Crippen molar-refractivity contribution in [2.45, 2.75) is 26.3 Å².